The number of nitrogens with one attached hydrogen (secondary N) is 1. The van der Waals surface area contributed by atoms with Gasteiger partial charge in [-0.25, -0.2) is 14.8 Å². The SMILES string of the molecule is CCC(Nc1ncnc2c(C)csc12)C(=O)O. The third kappa shape index (κ3) is 2.21. The van der Waals surface area contributed by atoms with Crippen LogP contribution < -0.4 is 5.32 Å². The largest absolute Gasteiger partial charge is 0.480 e. The molecule has 0 amide bonds. The molecule has 6 heteroatoms. The van der Waals surface area contributed by atoms with E-state index in [1.807, 2.05) is 19.2 Å². The van der Waals surface area contributed by atoms with Crippen LogP contribution in [0, 0.1) is 6.92 Å². The lowest BCUT2D eigenvalue weighted by molar-refractivity contribution is -0.137. The van der Waals surface area contributed by atoms with E-state index in [-0.39, 0.29) is 0 Å². The molecule has 2 heterocycles. The number of anilines is 1. The van der Waals surface area contributed by atoms with Crippen LogP contribution in [0.2, 0.25) is 0 Å². The number of carbonyl (C=O) groups is 1. The summed E-state index contributed by atoms with van der Waals surface area (Å²) in [5.74, 6) is -0.269. The molecule has 2 aromatic rings. The highest BCUT2D eigenvalue weighted by molar-refractivity contribution is 7.18. The summed E-state index contributed by atoms with van der Waals surface area (Å²) in [6.45, 7) is 3.80. The minimum absolute atomic E-state index is 0.505. The highest BCUT2D eigenvalue weighted by Gasteiger charge is 2.17. The number of carboxylic acids is 1. The quantitative estimate of drug-likeness (QED) is 0.871. The number of rotatable bonds is 4. The molecular formula is C11H13N3O2S. The number of fused-ring (bicyclic) bond motifs is 1. The van der Waals surface area contributed by atoms with Crippen LogP contribution in [0.4, 0.5) is 5.82 Å². The monoisotopic (exact) mass is 251 g/mol. The van der Waals surface area contributed by atoms with Crippen LogP contribution in [0.5, 0.6) is 0 Å². The standard InChI is InChI=1S/C11H13N3O2S/c1-3-7(11(15)16)14-10-9-8(12-5-13-10)6(2)4-17-9/h4-5,7H,3H2,1-2H3,(H,15,16)(H,12,13,14). The van der Waals surface area contributed by atoms with Crippen molar-refractivity contribution in [1.29, 1.82) is 0 Å². The number of hydrogen-bond acceptors (Lipinski definition) is 5. The predicted molar refractivity (Wildman–Crippen MR) is 67.5 cm³/mol. The van der Waals surface area contributed by atoms with Crippen LogP contribution in [0.25, 0.3) is 10.2 Å². The van der Waals surface area contributed by atoms with Gasteiger partial charge in [0.25, 0.3) is 0 Å². The molecular weight excluding hydrogens is 238 g/mol. The van der Waals surface area contributed by atoms with Crippen molar-refractivity contribution in [2.45, 2.75) is 26.3 Å². The van der Waals surface area contributed by atoms with Gasteiger partial charge < -0.3 is 10.4 Å². The fraction of sp³-hybridized carbons (Fsp3) is 0.364. The first-order valence-corrected chi connectivity index (χ1v) is 6.19. The van der Waals surface area contributed by atoms with E-state index in [9.17, 15) is 4.79 Å². The molecule has 90 valence electrons. The van der Waals surface area contributed by atoms with E-state index in [2.05, 4.69) is 15.3 Å². The van der Waals surface area contributed by atoms with E-state index in [0.29, 0.717) is 12.2 Å². The summed E-state index contributed by atoms with van der Waals surface area (Å²) in [4.78, 5) is 19.3. The van der Waals surface area contributed by atoms with E-state index in [0.717, 1.165) is 15.8 Å². The highest BCUT2D eigenvalue weighted by Crippen LogP contribution is 2.28. The summed E-state index contributed by atoms with van der Waals surface area (Å²) in [5, 5.41) is 13.9. The third-order valence-electron chi connectivity index (χ3n) is 2.55. The molecule has 0 aliphatic rings. The van der Waals surface area contributed by atoms with Gasteiger partial charge >= 0.3 is 5.97 Å². The maximum atomic E-state index is 11.0. The molecule has 5 nitrogen and oxygen atoms in total. The summed E-state index contributed by atoms with van der Waals surface area (Å²) in [6.07, 6.45) is 1.96. The summed E-state index contributed by atoms with van der Waals surface area (Å²) >= 11 is 1.52. The number of hydrogen-bond donors (Lipinski definition) is 2. The lowest BCUT2D eigenvalue weighted by atomic mass is 10.2. The summed E-state index contributed by atoms with van der Waals surface area (Å²) in [7, 11) is 0. The Kier molecular flexibility index (Phi) is 3.23. The molecule has 2 aromatic heterocycles. The smallest absolute Gasteiger partial charge is 0.326 e. The molecule has 0 saturated carbocycles. The van der Waals surface area contributed by atoms with Crippen LogP contribution in [-0.4, -0.2) is 27.1 Å². The van der Waals surface area contributed by atoms with E-state index in [4.69, 9.17) is 5.11 Å². The highest BCUT2D eigenvalue weighted by atomic mass is 32.1. The van der Waals surface area contributed by atoms with Gasteiger partial charge in [-0.2, -0.15) is 0 Å². The average Bonchev–Trinajstić information content (AvgIpc) is 2.69. The molecule has 2 rings (SSSR count). The molecule has 2 N–H and O–H groups in total. The molecule has 0 radical (unpaired) electrons. The van der Waals surface area contributed by atoms with Gasteiger partial charge in [0.2, 0.25) is 0 Å². The zero-order valence-corrected chi connectivity index (χ0v) is 10.4. The first kappa shape index (κ1) is 11.8. The van der Waals surface area contributed by atoms with Crippen molar-refractivity contribution >= 4 is 33.3 Å². The molecule has 0 aliphatic heterocycles. The molecule has 1 unspecified atom stereocenters. The van der Waals surface area contributed by atoms with Crippen LogP contribution in [0.1, 0.15) is 18.9 Å². The van der Waals surface area contributed by atoms with Gasteiger partial charge in [0.05, 0.1) is 10.2 Å². The second kappa shape index (κ2) is 4.67. The van der Waals surface area contributed by atoms with Crippen molar-refractivity contribution in [2.24, 2.45) is 0 Å². The van der Waals surface area contributed by atoms with E-state index < -0.39 is 12.0 Å². The van der Waals surface area contributed by atoms with Gasteiger partial charge in [0, 0.05) is 0 Å². The zero-order chi connectivity index (χ0) is 12.4. The Morgan fingerprint density at radius 3 is 3.00 bits per heavy atom. The maximum absolute atomic E-state index is 11.0. The number of carboxylic acid groups (broad SMARTS) is 1. The number of thiophene rings is 1. The normalized spacial score (nSPS) is 12.6. The first-order valence-electron chi connectivity index (χ1n) is 5.31. The molecule has 0 fully saturated rings. The van der Waals surface area contributed by atoms with Crippen molar-refractivity contribution in [3.63, 3.8) is 0 Å². The van der Waals surface area contributed by atoms with E-state index >= 15 is 0 Å². The number of aryl methyl sites for hydroxylation is 1. The Morgan fingerprint density at radius 2 is 2.35 bits per heavy atom. The number of aromatic nitrogens is 2. The molecule has 17 heavy (non-hydrogen) atoms. The number of nitrogens with zero attached hydrogens (tertiary/aromatic N) is 2. The third-order valence-corrected chi connectivity index (χ3v) is 3.64. The van der Waals surface area contributed by atoms with Gasteiger partial charge in [-0.15, -0.1) is 11.3 Å². The molecule has 0 bridgehead atoms. The van der Waals surface area contributed by atoms with Crippen molar-refractivity contribution in [3.8, 4) is 0 Å². The summed E-state index contributed by atoms with van der Waals surface area (Å²) in [5.41, 5.74) is 1.96. The Bertz CT molecular complexity index is 553. The Hall–Kier alpha value is -1.69. The Labute approximate surface area is 103 Å². The zero-order valence-electron chi connectivity index (χ0n) is 9.60. The molecule has 0 aliphatic carbocycles. The van der Waals surface area contributed by atoms with Crippen molar-refractivity contribution in [1.82, 2.24) is 9.97 Å². The first-order chi connectivity index (χ1) is 8.13. The fourth-order valence-corrected chi connectivity index (χ4v) is 2.53. The van der Waals surface area contributed by atoms with Gasteiger partial charge in [-0.3, -0.25) is 0 Å². The summed E-state index contributed by atoms with van der Waals surface area (Å²) < 4.78 is 0.907. The van der Waals surface area contributed by atoms with Crippen molar-refractivity contribution < 1.29 is 9.90 Å². The van der Waals surface area contributed by atoms with Gasteiger partial charge in [0.15, 0.2) is 0 Å². The molecule has 0 spiro atoms. The number of aliphatic carboxylic acids is 1. The van der Waals surface area contributed by atoms with Crippen LogP contribution in [-0.2, 0) is 4.79 Å². The van der Waals surface area contributed by atoms with Crippen molar-refractivity contribution in [3.05, 3.63) is 17.3 Å². The predicted octanol–water partition coefficient (Wildman–Crippen LogP) is 2.27. The molecule has 0 saturated heterocycles. The van der Waals surface area contributed by atoms with E-state index in [1.165, 1.54) is 17.7 Å². The van der Waals surface area contributed by atoms with Gasteiger partial charge in [-0.05, 0) is 24.3 Å². The lowest BCUT2D eigenvalue weighted by Crippen LogP contribution is -2.28. The second-order valence-corrected chi connectivity index (χ2v) is 4.64. The van der Waals surface area contributed by atoms with Crippen molar-refractivity contribution in [2.75, 3.05) is 5.32 Å². The topological polar surface area (TPSA) is 75.1 Å². The molecule has 1 atom stereocenters. The average molecular weight is 251 g/mol. The van der Waals surface area contributed by atoms with Crippen LogP contribution in [0.15, 0.2) is 11.7 Å². The Balaban J connectivity index is 2.38. The second-order valence-electron chi connectivity index (χ2n) is 3.76. The maximum Gasteiger partial charge on any atom is 0.326 e. The Morgan fingerprint density at radius 1 is 1.59 bits per heavy atom. The van der Waals surface area contributed by atoms with Gasteiger partial charge in [0.1, 0.15) is 18.2 Å². The molecule has 0 aromatic carbocycles. The van der Waals surface area contributed by atoms with Gasteiger partial charge in [-0.1, -0.05) is 6.92 Å². The summed E-state index contributed by atoms with van der Waals surface area (Å²) in [6, 6.07) is -0.615. The van der Waals surface area contributed by atoms with E-state index in [1.54, 1.807) is 0 Å². The minimum atomic E-state index is -0.868. The minimum Gasteiger partial charge on any atom is -0.480 e. The van der Waals surface area contributed by atoms with Crippen LogP contribution in [0.3, 0.4) is 0 Å². The van der Waals surface area contributed by atoms with Crippen LogP contribution >= 0.6 is 11.3 Å². The lowest BCUT2D eigenvalue weighted by Gasteiger charge is -2.12. The fourth-order valence-electron chi connectivity index (χ4n) is 1.58.